The first-order valence-electron chi connectivity index (χ1n) is 7.02. The van der Waals surface area contributed by atoms with Gasteiger partial charge in [-0.2, -0.15) is 4.98 Å². The normalized spacial score (nSPS) is 10.9. The summed E-state index contributed by atoms with van der Waals surface area (Å²) >= 11 is 0. The number of hydrogen-bond donors (Lipinski definition) is 0. The number of fused-ring (bicyclic) bond motifs is 1. The third-order valence-electron chi connectivity index (χ3n) is 3.52. The van der Waals surface area contributed by atoms with Crippen LogP contribution in [0.5, 0.6) is 0 Å². The molecular formula is C17H18N2O. The zero-order valence-electron chi connectivity index (χ0n) is 11.8. The number of hydrogen-bond acceptors (Lipinski definition) is 3. The van der Waals surface area contributed by atoms with E-state index in [9.17, 15) is 0 Å². The highest BCUT2D eigenvalue weighted by Gasteiger charge is 2.11. The summed E-state index contributed by atoms with van der Waals surface area (Å²) in [6.45, 7) is 6.01. The van der Waals surface area contributed by atoms with Crippen LogP contribution in [-0.2, 0) is 0 Å². The molecule has 0 aliphatic rings. The molecule has 1 aromatic heterocycles. The zero-order chi connectivity index (χ0) is 13.9. The van der Waals surface area contributed by atoms with Crippen molar-refractivity contribution in [1.29, 1.82) is 0 Å². The van der Waals surface area contributed by atoms with Gasteiger partial charge in [0.05, 0.1) is 0 Å². The highest BCUT2D eigenvalue weighted by atomic mass is 16.4. The molecule has 0 unspecified atom stereocenters. The van der Waals surface area contributed by atoms with E-state index >= 15 is 0 Å². The monoisotopic (exact) mass is 266 g/mol. The number of nitrogens with zero attached hydrogens (tertiary/aromatic N) is 2. The third kappa shape index (κ3) is 2.27. The van der Waals surface area contributed by atoms with Crippen LogP contribution in [0.1, 0.15) is 13.8 Å². The van der Waals surface area contributed by atoms with Gasteiger partial charge in [0, 0.05) is 13.1 Å². The maximum atomic E-state index is 5.82. The molecule has 0 aliphatic heterocycles. The first kappa shape index (κ1) is 12.7. The molecule has 3 rings (SSSR count). The lowest BCUT2D eigenvalue weighted by Gasteiger charge is -2.14. The molecule has 0 fully saturated rings. The number of aromatic nitrogens is 1. The van der Waals surface area contributed by atoms with Gasteiger partial charge in [0.15, 0.2) is 5.58 Å². The van der Waals surface area contributed by atoms with E-state index in [1.165, 1.54) is 5.56 Å². The first-order valence-corrected chi connectivity index (χ1v) is 7.02. The van der Waals surface area contributed by atoms with Crippen molar-refractivity contribution in [3.05, 3.63) is 48.5 Å². The average molecular weight is 266 g/mol. The van der Waals surface area contributed by atoms with E-state index in [2.05, 4.69) is 48.0 Å². The summed E-state index contributed by atoms with van der Waals surface area (Å²) in [4.78, 5) is 6.71. The summed E-state index contributed by atoms with van der Waals surface area (Å²) in [5.74, 6) is 0. The molecule has 3 heteroatoms. The fourth-order valence-corrected chi connectivity index (χ4v) is 2.35. The summed E-state index contributed by atoms with van der Waals surface area (Å²) in [5, 5.41) is 0. The van der Waals surface area contributed by atoms with Crippen LogP contribution in [0.25, 0.3) is 22.2 Å². The van der Waals surface area contributed by atoms with Crippen LogP contribution in [-0.4, -0.2) is 18.1 Å². The van der Waals surface area contributed by atoms with E-state index in [4.69, 9.17) is 4.42 Å². The summed E-state index contributed by atoms with van der Waals surface area (Å²) in [6, 6.07) is 17.2. The Kier molecular flexibility index (Phi) is 3.42. The van der Waals surface area contributed by atoms with E-state index in [0.717, 1.165) is 29.8 Å². The van der Waals surface area contributed by atoms with Gasteiger partial charge in [-0.3, -0.25) is 0 Å². The largest absolute Gasteiger partial charge is 0.423 e. The van der Waals surface area contributed by atoms with Crippen LogP contribution in [0.4, 0.5) is 6.01 Å². The van der Waals surface area contributed by atoms with Crippen molar-refractivity contribution in [3.63, 3.8) is 0 Å². The smallest absolute Gasteiger partial charge is 0.298 e. The Balaban J connectivity index is 2.03. The van der Waals surface area contributed by atoms with Gasteiger partial charge in [-0.1, -0.05) is 36.4 Å². The maximum Gasteiger partial charge on any atom is 0.298 e. The van der Waals surface area contributed by atoms with Crippen LogP contribution in [0, 0.1) is 0 Å². The molecule has 3 aromatic rings. The van der Waals surface area contributed by atoms with Crippen LogP contribution in [0.3, 0.4) is 0 Å². The van der Waals surface area contributed by atoms with Crippen molar-refractivity contribution >= 4 is 17.1 Å². The molecule has 102 valence electrons. The summed E-state index contributed by atoms with van der Waals surface area (Å²) in [5.41, 5.74) is 4.11. The fraction of sp³-hybridized carbons (Fsp3) is 0.235. The van der Waals surface area contributed by atoms with Crippen molar-refractivity contribution in [2.24, 2.45) is 0 Å². The molecule has 0 amide bonds. The number of anilines is 1. The second-order valence-corrected chi connectivity index (χ2v) is 4.72. The Hall–Kier alpha value is -2.29. The van der Waals surface area contributed by atoms with Crippen molar-refractivity contribution < 1.29 is 4.42 Å². The fourth-order valence-electron chi connectivity index (χ4n) is 2.35. The molecule has 3 nitrogen and oxygen atoms in total. The summed E-state index contributed by atoms with van der Waals surface area (Å²) in [6.07, 6.45) is 0. The lowest BCUT2D eigenvalue weighted by molar-refractivity contribution is 0.576. The van der Waals surface area contributed by atoms with Gasteiger partial charge in [0.1, 0.15) is 5.52 Å². The quantitative estimate of drug-likeness (QED) is 0.703. The number of benzene rings is 2. The van der Waals surface area contributed by atoms with Crippen LogP contribution < -0.4 is 4.90 Å². The van der Waals surface area contributed by atoms with Gasteiger partial charge in [0.25, 0.3) is 6.01 Å². The molecule has 0 radical (unpaired) electrons. The highest BCUT2D eigenvalue weighted by Crippen LogP contribution is 2.27. The molecule has 2 aromatic carbocycles. The Morgan fingerprint density at radius 3 is 2.40 bits per heavy atom. The molecule has 1 heterocycles. The molecule has 20 heavy (non-hydrogen) atoms. The zero-order valence-corrected chi connectivity index (χ0v) is 11.8. The van der Waals surface area contributed by atoms with Gasteiger partial charge >= 0.3 is 0 Å². The van der Waals surface area contributed by atoms with E-state index < -0.39 is 0 Å². The lowest BCUT2D eigenvalue weighted by atomic mass is 10.1. The molecular weight excluding hydrogens is 248 g/mol. The molecule has 0 spiro atoms. The molecule has 0 atom stereocenters. The topological polar surface area (TPSA) is 29.3 Å². The van der Waals surface area contributed by atoms with Crippen LogP contribution in [0.15, 0.2) is 52.9 Å². The average Bonchev–Trinajstić information content (AvgIpc) is 2.92. The maximum absolute atomic E-state index is 5.82. The van der Waals surface area contributed by atoms with Gasteiger partial charge in [-0.05, 0) is 37.1 Å². The van der Waals surface area contributed by atoms with E-state index in [-0.39, 0.29) is 0 Å². The Morgan fingerprint density at radius 1 is 0.950 bits per heavy atom. The van der Waals surface area contributed by atoms with Gasteiger partial charge in [0.2, 0.25) is 0 Å². The Morgan fingerprint density at radius 2 is 1.70 bits per heavy atom. The van der Waals surface area contributed by atoms with Crippen molar-refractivity contribution in [1.82, 2.24) is 4.98 Å². The van der Waals surface area contributed by atoms with Gasteiger partial charge in [-0.25, -0.2) is 0 Å². The second-order valence-electron chi connectivity index (χ2n) is 4.72. The van der Waals surface area contributed by atoms with Crippen molar-refractivity contribution in [2.75, 3.05) is 18.0 Å². The Labute approximate surface area is 118 Å². The second kappa shape index (κ2) is 5.37. The standard InChI is InChI=1S/C17H18N2O/c1-3-19(4-2)17-18-15-12-14(10-11-16(15)20-17)13-8-6-5-7-9-13/h5-12H,3-4H2,1-2H3. The SMILES string of the molecule is CCN(CC)c1nc2cc(-c3ccccc3)ccc2o1. The first-order chi connectivity index (χ1) is 9.81. The van der Waals surface area contributed by atoms with E-state index in [1.807, 2.05) is 24.3 Å². The van der Waals surface area contributed by atoms with Gasteiger partial charge in [-0.15, -0.1) is 0 Å². The third-order valence-corrected chi connectivity index (χ3v) is 3.52. The van der Waals surface area contributed by atoms with Gasteiger partial charge < -0.3 is 9.32 Å². The number of oxazole rings is 1. The Bertz CT molecular complexity index is 699. The molecule has 0 N–H and O–H groups in total. The molecule has 0 bridgehead atoms. The van der Waals surface area contributed by atoms with Crippen LogP contribution >= 0.6 is 0 Å². The van der Waals surface area contributed by atoms with E-state index in [0.29, 0.717) is 6.01 Å². The molecule has 0 saturated carbocycles. The van der Waals surface area contributed by atoms with E-state index in [1.54, 1.807) is 0 Å². The van der Waals surface area contributed by atoms with Crippen LogP contribution in [0.2, 0.25) is 0 Å². The minimum Gasteiger partial charge on any atom is -0.423 e. The highest BCUT2D eigenvalue weighted by molar-refractivity contribution is 5.81. The summed E-state index contributed by atoms with van der Waals surface area (Å²) in [7, 11) is 0. The summed E-state index contributed by atoms with van der Waals surface area (Å²) < 4.78 is 5.82. The number of rotatable bonds is 4. The minimum atomic E-state index is 0.704. The predicted octanol–water partition coefficient (Wildman–Crippen LogP) is 4.34. The van der Waals surface area contributed by atoms with Crippen molar-refractivity contribution in [2.45, 2.75) is 13.8 Å². The minimum absolute atomic E-state index is 0.704. The lowest BCUT2D eigenvalue weighted by Crippen LogP contribution is -2.21. The predicted molar refractivity (Wildman–Crippen MR) is 83.0 cm³/mol. The van der Waals surface area contributed by atoms with Crippen molar-refractivity contribution in [3.8, 4) is 11.1 Å². The molecule has 0 saturated heterocycles. The molecule has 0 aliphatic carbocycles.